The van der Waals surface area contributed by atoms with Gasteiger partial charge >= 0.3 is 17.1 Å². The molecule has 0 unspecified atom stereocenters. The van der Waals surface area contributed by atoms with E-state index in [4.69, 9.17) is 9.97 Å². The number of aromatic amines is 2. The van der Waals surface area contributed by atoms with Gasteiger partial charge in [0.25, 0.3) is 40.5 Å². The first kappa shape index (κ1) is 45.2. The van der Waals surface area contributed by atoms with Crippen molar-refractivity contribution in [2.75, 3.05) is 0 Å². The van der Waals surface area contributed by atoms with Gasteiger partial charge in [-0.1, -0.05) is 48.5 Å². The monoisotopic (exact) mass is 997 g/mol. The maximum Gasteiger partial charge on any atom is 2.00 e. The van der Waals surface area contributed by atoms with Gasteiger partial charge in [-0.15, -0.1) is 0 Å². The molecule has 5 heterocycles. The number of nitrogens with zero attached hydrogens (tertiary/aromatic N) is 2. The van der Waals surface area contributed by atoms with Gasteiger partial charge in [0.05, 0.1) is 42.4 Å². The minimum absolute atomic E-state index is 0. The molecule has 21 heteroatoms. The van der Waals surface area contributed by atoms with Gasteiger partial charge in [0, 0.05) is 44.3 Å². The van der Waals surface area contributed by atoms with E-state index in [-0.39, 0.29) is 36.7 Å². The molecule has 6 N–H and O–H groups in total. The van der Waals surface area contributed by atoms with Crippen LogP contribution < -0.4 is 0 Å². The van der Waals surface area contributed by atoms with Crippen LogP contribution in [0.5, 0.6) is 0 Å². The minimum atomic E-state index is -4.55. The van der Waals surface area contributed by atoms with Gasteiger partial charge in [0.15, 0.2) is 0 Å². The van der Waals surface area contributed by atoms with Gasteiger partial charge in [-0.3, -0.25) is 18.2 Å². The van der Waals surface area contributed by atoms with Crippen molar-refractivity contribution in [2.24, 2.45) is 0 Å². The van der Waals surface area contributed by atoms with Crippen LogP contribution in [0.15, 0.2) is 141 Å². The van der Waals surface area contributed by atoms with E-state index >= 15 is 0 Å². The van der Waals surface area contributed by atoms with Crippen LogP contribution in [0.4, 0.5) is 0 Å². The zero-order chi connectivity index (χ0) is 45.3. The van der Waals surface area contributed by atoms with Crippen molar-refractivity contribution in [2.45, 2.75) is 19.6 Å². The SMILES string of the molecule is O=S(=O)(O)c1ccc(-c2c3nc(c(-c4ccc(S(=O)(=O)O)cc4)c4ccc([nH]4)c(-c4ccc(S(=O)(=O)O)cc4)c4nc(c(-c5ccc(S(=O)(=O)O)cc5)c5ccc2[nH]5)C=C4)C=C3)cc1.[Cu+2]. The van der Waals surface area contributed by atoms with Crippen molar-refractivity contribution in [1.29, 1.82) is 0 Å². The first-order chi connectivity index (χ1) is 30.2. The predicted octanol–water partition coefficient (Wildman–Crippen LogP) is 8.31. The van der Waals surface area contributed by atoms with Crippen molar-refractivity contribution in [3.05, 3.63) is 144 Å². The van der Waals surface area contributed by atoms with Crippen LogP contribution in [-0.2, 0) is 57.5 Å². The number of fused-ring (bicyclic) bond motifs is 8. The Kier molecular flexibility index (Phi) is 11.5. The molecule has 331 valence electrons. The average molecular weight is 999 g/mol. The second-order valence-electron chi connectivity index (χ2n) is 14.5. The minimum Gasteiger partial charge on any atom is -0.354 e. The summed E-state index contributed by atoms with van der Waals surface area (Å²) in [6.45, 7) is 0. The van der Waals surface area contributed by atoms with E-state index in [2.05, 4.69) is 9.97 Å². The third-order valence-electron chi connectivity index (χ3n) is 10.5. The van der Waals surface area contributed by atoms with Gasteiger partial charge in [0.1, 0.15) is 0 Å². The second kappa shape index (κ2) is 16.6. The Bertz CT molecular complexity index is 3300. The zero-order valence-electron chi connectivity index (χ0n) is 32.7. The summed E-state index contributed by atoms with van der Waals surface area (Å²) in [5, 5.41) is 0. The number of benzene rings is 4. The van der Waals surface area contributed by atoms with E-state index in [1.807, 2.05) is 0 Å². The standard InChI is InChI=1S/C44H30N4O12S4.Cu/c49-61(50,51)29-9-1-25(2-10-29)41-33-17-19-35(45-33)42(26-3-11-30(12-4-26)62(52,53)54)37-21-23-39(47-37)44(28-7-15-32(16-8-28)64(58,59)60)40-24-22-38(48-40)43(36-20-18-34(41)46-36)27-5-13-31(14-6-27)63(55,56)57;/h1-24,45,48H,(H,49,50,51)(H,52,53,54)(H,55,56,57)(H,58,59,60);/q;+2. The molecule has 0 saturated heterocycles. The topological polar surface area (TPSA) is 275 Å². The average Bonchev–Trinajstić information content (AvgIpc) is 4.08. The number of hydrogen-bond acceptors (Lipinski definition) is 10. The molecule has 0 spiro atoms. The van der Waals surface area contributed by atoms with Gasteiger partial charge in [0.2, 0.25) is 0 Å². The van der Waals surface area contributed by atoms with Crippen LogP contribution in [0.1, 0.15) is 22.8 Å². The van der Waals surface area contributed by atoms with Crippen molar-refractivity contribution in [3.8, 4) is 44.5 Å². The number of nitrogens with one attached hydrogen (secondary N) is 2. The molecule has 8 bridgehead atoms. The van der Waals surface area contributed by atoms with Crippen LogP contribution in [0.2, 0.25) is 0 Å². The molecular formula is C44H30CuN4O12S4+2. The Morgan fingerprint density at radius 2 is 0.492 bits per heavy atom. The molecule has 3 aromatic heterocycles. The Morgan fingerprint density at radius 1 is 0.308 bits per heavy atom. The fraction of sp³-hybridized carbons (Fsp3) is 0. The maximum atomic E-state index is 12.0. The van der Waals surface area contributed by atoms with E-state index in [1.165, 1.54) is 97.1 Å². The molecule has 0 amide bonds. The molecule has 4 aromatic carbocycles. The fourth-order valence-electron chi connectivity index (χ4n) is 7.59. The number of hydrogen-bond donors (Lipinski definition) is 6. The molecule has 16 nitrogen and oxygen atoms in total. The normalized spacial score (nSPS) is 12.9. The fourth-order valence-corrected chi connectivity index (χ4v) is 9.51. The Balaban J connectivity index is 0.00000576. The summed E-state index contributed by atoms with van der Waals surface area (Å²) in [4.78, 5) is 15.6. The van der Waals surface area contributed by atoms with E-state index in [0.29, 0.717) is 89.4 Å². The number of rotatable bonds is 8. The van der Waals surface area contributed by atoms with Crippen LogP contribution in [-0.4, -0.2) is 71.8 Å². The summed E-state index contributed by atoms with van der Waals surface area (Å²) in [6, 6.07) is 29.0. The molecule has 0 aliphatic carbocycles. The van der Waals surface area contributed by atoms with Gasteiger partial charge in [-0.2, -0.15) is 33.7 Å². The molecule has 65 heavy (non-hydrogen) atoms. The van der Waals surface area contributed by atoms with Gasteiger partial charge in [-0.25, -0.2) is 9.97 Å². The molecule has 0 atom stereocenters. The molecule has 0 fully saturated rings. The molecule has 2 aliphatic rings. The molecule has 0 saturated carbocycles. The summed E-state index contributed by atoms with van der Waals surface area (Å²) in [5.41, 5.74) is 7.41. The molecule has 2 aliphatic heterocycles. The van der Waals surface area contributed by atoms with Crippen LogP contribution >= 0.6 is 0 Å². The first-order valence-corrected chi connectivity index (χ1v) is 24.5. The van der Waals surface area contributed by atoms with E-state index in [1.54, 1.807) is 48.6 Å². The van der Waals surface area contributed by atoms with Crippen molar-refractivity contribution in [3.63, 3.8) is 0 Å². The van der Waals surface area contributed by atoms with Crippen molar-refractivity contribution >= 4 is 86.8 Å². The summed E-state index contributed by atoms with van der Waals surface area (Å²) in [7, 11) is -18.2. The second-order valence-corrected chi connectivity index (χ2v) is 20.2. The third kappa shape index (κ3) is 8.89. The molecule has 1 radical (unpaired) electrons. The summed E-state index contributed by atoms with van der Waals surface area (Å²) >= 11 is 0. The quantitative estimate of drug-likeness (QED) is 0.0617. The molecular weight excluding hydrogens is 968 g/mol. The largest absolute Gasteiger partial charge is 2.00 e. The van der Waals surface area contributed by atoms with Crippen molar-refractivity contribution < 1.29 is 69.0 Å². The summed E-state index contributed by atoms with van der Waals surface area (Å²) < 4.78 is 135. The summed E-state index contributed by atoms with van der Waals surface area (Å²) in [5.74, 6) is 0. The first-order valence-electron chi connectivity index (χ1n) is 18.7. The molecule has 7 aromatic rings. The summed E-state index contributed by atoms with van der Waals surface area (Å²) in [6.07, 6.45) is 6.92. The van der Waals surface area contributed by atoms with Gasteiger partial charge in [-0.05, 0) is 119 Å². The Hall–Kier alpha value is -6.36. The Labute approximate surface area is 381 Å². The van der Waals surface area contributed by atoms with Crippen LogP contribution in [0.25, 0.3) is 90.9 Å². The predicted molar refractivity (Wildman–Crippen MR) is 240 cm³/mol. The third-order valence-corrected chi connectivity index (χ3v) is 14.0. The molecule has 9 rings (SSSR count). The number of H-pyrrole nitrogens is 2. The maximum absolute atomic E-state index is 12.0. The van der Waals surface area contributed by atoms with Crippen molar-refractivity contribution in [1.82, 2.24) is 19.9 Å². The zero-order valence-corrected chi connectivity index (χ0v) is 36.9. The van der Waals surface area contributed by atoms with Crippen LogP contribution in [0.3, 0.4) is 0 Å². The smallest absolute Gasteiger partial charge is 0.354 e. The van der Waals surface area contributed by atoms with Gasteiger partial charge < -0.3 is 9.97 Å². The van der Waals surface area contributed by atoms with E-state index in [9.17, 15) is 51.9 Å². The van der Waals surface area contributed by atoms with Crippen LogP contribution in [0, 0.1) is 0 Å². The van der Waals surface area contributed by atoms with E-state index in [0.717, 1.165) is 0 Å². The number of aromatic nitrogens is 4. The Morgan fingerprint density at radius 3 is 0.662 bits per heavy atom. The van der Waals surface area contributed by atoms with E-state index < -0.39 is 40.5 Å².